The Labute approximate surface area is 206 Å². The largest absolute Gasteiger partial charge is 0.508 e. The van der Waals surface area contributed by atoms with E-state index in [4.69, 9.17) is 18.4 Å². The molecule has 35 heavy (non-hydrogen) atoms. The molecular weight excluding hydrogens is 482 g/mol. The Kier molecular flexibility index (Phi) is 13.3. The Morgan fingerprint density at radius 2 is 1.69 bits per heavy atom. The van der Waals surface area contributed by atoms with Crippen LogP contribution in [-0.2, 0) is 49.4 Å². The zero-order chi connectivity index (χ0) is 26.3. The third-order valence-electron chi connectivity index (χ3n) is 4.55. The molecule has 0 saturated carbocycles. The first-order valence-electron chi connectivity index (χ1n) is 11.2. The molecule has 1 aromatic rings. The van der Waals surface area contributed by atoms with Gasteiger partial charge in [-0.05, 0) is 18.9 Å². The molecule has 0 heterocycles. The Balaban J connectivity index is 2.76. The number of hydrogen-bond acceptors (Lipinski definition) is 10. The lowest BCUT2D eigenvalue weighted by Gasteiger charge is -2.32. The molecule has 1 unspecified atom stereocenters. The average molecular weight is 518 g/mol. The lowest BCUT2D eigenvalue weighted by atomic mass is 9.87. The van der Waals surface area contributed by atoms with E-state index in [1.165, 1.54) is 6.92 Å². The van der Waals surface area contributed by atoms with Gasteiger partial charge in [-0.15, -0.1) is 0 Å². The molecule has 0 spiro atoms. The summed E-state index contributed by atoms with van der Waals surface area (Å²) in [6.45, 7) is 5.84. The van der Waals surface area contributed by atoms with E-state index in [1.807, 2.05) is 30.3 Å². The first kappa shape index (κ1) is 30.3. The lowest BCUT2D eigenvalue weighted by Crippen LogP contribution is -2.44. The Hall–Kier alpha value is -2.70. The van der Waals surface area contributed by atoms with Gasteiger partial charge >= 0.3 is 12.1 Å². The predicted octanol–water partition coefficient (Wildman–Crippen LogP) is 2.19. The predicted molar refractivity (Wildman–Crippen MR) is 126 cm³/mol. The fourth-order valence-corrected chi connectivity index (χ4v) is 3.86. The second kappa shape index (κ2) is 15.3. The van der Waals surface area contributed by atoms with Crippen LogP contribution in [0.1, 0.15) is 39.7 Å². The summed E-state index contributed by atoms with van der Waals surface area (Å²) in [7, 11) is -3.91. The second-order valence-electron chi connectivity index (χ2n) is 8.22. The van der Waals surface area contributed by atoms with E-state index in [2.05, 4.69) is 10.1 Å². The molecule has 1 rings (SSSR count). The van der Waals surface area contributed by atoms with E-state index in [1.54, 1.807) is 20.8 Å². The summed E-state index contributed by atoms with van der Waals surface area (Å²) in [6, 6.07) is 9.12. The Morgan fingerprint density at radius 3 is 2.31 bits per heavy atom. The molecule has 0 aliphatic rings. The molecule has 0 saturated heterocycles. The van der Waals surface area contributed by atoms with Gasteiger partial charge in [-0.25, -0.2) is 9.59 Å². The molecular formula is C23H35NO10S. The third-order valence-corrected chi connectivity index (χ3v) is 5.81. The zero-order valence-corrected chi connectivity index (χ0v) is 21.4. The summed E-state index contributed by atoms with van der Waals surface area (Å²) in [5.74, 6) is -1.31. The van der Waals surface area contributed by atoms with Crippen LogP contribution in [0, 0.1) is 5.41 Å². The molecule has 11 nitrogen and oxygen atoms in total. The number of benzene rings is 1. The van der Waals surface area contributed by atoms with Crippen LogP contribution >= 0.6 is 0 Å². The summed E-state index contributed by atoms with van der Waals surface area (Å²) >= 11 is 0. The van der Waals surface area contributed by atoms with Crippen molar-refractivity contribution in [2.75, 3.05) is 38.7 Å². The van der Waals surface area contributed by atoms with E-state index in [9.17, 15) is 22.8 Å². The van der Waals surface area contributed by atoms with Crippen molar-refractivity contribution in [2.24, 2.45) is 5.41 Å². The number of carbonyl (C=O) groups excluding carboxylic acids is 3. The SMILES string of the molecule is CCOC(=O)OCCOC(=O)C(OCc1ccccc1)C(C)(C)COS(=O)(=O)CCCNC(C)=O. The summed E-state index contributed by atoms with van der Waals surface area (Å²) < 4.78 is 50.1. The third kappa shape index (κ3) is 13.1. The van der Waals surface area contributed by atoms with E-state index < -0.39 is 33.8 Å². The fourth-order valence-electron chi connectivity index (χ4n) is 2.76. The van der Waals surface area contributed by atoms with Crippen LogP contribution in [0.5, 0.6) is 0 Å². The zero-order valence-electron chi connectivity index (χ0n) is 20.6. The molecule has 0 aliphatic heterocycles. The monoisotopic (exact) mass is 517 g/mol. The molecule has 0 aromatic heterocycles. The normalized spacial score (nSPS) is 12.5. The van der Waals surface area contributed by atoms with E-state index >= 15 is 0 Å². The summed E-state index contributed by atoms with van der Waals surface area (Å²) in [6.07, 6.45) is -1.88. The smallest absolute Gasteiger partial charge is 0.460 e. The van der Waals surface area contributed by atoms with Gasteiger partial charge in [0.1, 0.15) is 13.2 Å². The van der Waals surface area contributed by atoms with Crippen molar-refractivity contribution in [3.8, 4) is 0 Å². The van der Waals surface area contributed by atoms with Gasteiger partial charge in [0.15, 0.2) is 6.10 Å². The maximum atomic E-state index is 12.8. The number of esters is 1. The standard InChI is InChI=1S/C23H35NO10S/c1-5-30-22(27)32-14-13-31-21(26)20(33-16-19-10-7-6-8-11-19)23(3,4)17-34-35(28,29)15-9-12-24-18(2)25/h6-8,10-11,20H,5,9,12-17H2,1-4H3,(H,24,25). The second-order valence-corrected chi connectivity index (χ2v) is 9.98. The van der Waals surface area contributed by atoms with Gasteiger partial charge in [0.05, 0.1) is 25.6 Å². The number of hydrogen-bond donors (Lipinski definition) is 1. The molecule has 0 aliphatic carbocycles. The van der Waals surface area contributed by atoms with Crippen molar-refractivity contribution in [1.29, 1.82) is 0 Å². The molecule has 1 amide bonds. The van der Waals surface area contributed by atoms with Crippen LogP contribution in [0.3, 0.4) is 0 Å². The number of nitrogens with one attached hydrogen (secondary N) is 1. The van der Waals surface area contributed by atoms with Crippen molar-refractivity contribution >= 4 is 28.1 Å². The average Bonchev–Trinajstić information content (AvgIpc) is 2.79. The first-order valence-corrected chi connectivity index (χ1v) is 12.8. The Morgan fingerprint density at radius 1 is 1.03 bits per heavy atom. The summed E-state index contributed by atoms with van der Waals surface area (Å²) in [5.41, 5.74) is -0.295. The highest BCUT2D eigenvalue weighted by Gasteiger charge is 2.39. The minimum Gasteiger partial charge on any atom is -0.460 e. The summed E-state index contributed by atoms with van der Waals surface area (Å²) in [4.78, 5) is 35.0. The fraction of sp³-hybridized carbons (Fsp3) is 0.609. The number of rotatable bonds is 16. The van der Waals surface area contributed by atoms with Gasteiger partial charge in [-0.2, -0.15) is 8.42 Å². The van der Waals surface area contributed by atoms with Gasteiger partial charge in [-0.3, -0.25) is 8.98 Å². The van der Waals surface area contributed by atoms with Crippen LogP contribution < -0.4 is 5.32 Å². The molecule has 0 fully saturated rings. The molecule has 0 bridgehead atoms. The van der Waals surface area contributed by atoms with Gasteiger partial charge in [0.25, 0.3) is 10.1 Å². The van der Waals surface area contributed by atoms with Crippen LogP contribution in [0.2, 0.25) is 0 Å². The van der Waals surface area contributed by atoms with Crippen LogP contribution in [0.15, 0.2) is 30.3 Å². The highest BCUT2D eigenvalue weighted by atomic mass is 32.2. The van der Waals surface area contributed by atoms with Crippen molar-refractivity contribution in [3.05, 3.63) is 35.9 Å². The van der Waals surface area contributed by atoms with Crippen LogP contribution in [0.4, 0.5) is 4.79 Å². The first-order chi connectivity index (χ1) is 16.5. The highest BCUT2D eigenvalue weighted by molar-refractivity contribution is 7.86. The van der Waals surface area contributed by atoms with Crippen molar-refractivity contribution in [3.63, 3.8) is 0 Å². The van der Waals surface area contributed by atoms with Crippen molar-refractivity contribution < 1.29 is 45.9 Å². The van der Waals surface area contributed by atoms with Gasteiger partial charge < -0.3 is 24.3 Å². The molecule has 1 N–H and O–H groups in total. The molecule has 1 atom stereocenters. The molecule has 0 radical (unpaired) electrons. The number of carbonyl (C=O) groups is 3. The van der Waals surface area contributed by atoms with Gasteiger partial charge in [0.2, 0.25) is 5.91 Å². The quantitative estimate of drug-likeness (QED) is 0.197. The maximum absolute atomic E-state index is 12.8. The van der Waals surface area contributed by atoms with Crippen molar-refractivity contribution in [2.45, 2.75) is 46.8 Å². The van der Waals surface area contributed by atoms with E-state index in [0.29, 0.717) is 0 Å². The van der Waals surface area contributed by atoms with Crippen LogP contribution in [-0.4, -0.2) is 71.3 Å². The lowest BCUT2D eigenvalue weighted by molar-refractivity contribution is -0.170. The number of ether oxygens (including phenoxy) is 4. The summed E-state index contributed by atoms with van der Waals surface area (Å²) in [5, 5.41) is 2.51. The van der Waals surface area contributed by atoms with Crippen LogP contribution in [0.25, 0.3) is 0 Å². The number of amides is 1. The topological polar surface area (TPSA) is 144 Å². The van der Waals surface area contributed by atoms with Gasteiger partial charge in [0, 0.05) is 18.9 Å². The van der Waals surface area contributed by atoms with E-state index in [-0.39, 0.29) is 57.7 Å². The minimum absolute atomic E-state index is 0.0762. The van der Waals surface area contributed by atoms with E-state index in [0.717, 1.165) is 5.56 Å². The van der Waals surface area contributed by atoms with Gasteiger partial charge in [-0.1, -0.05) is 44.2 Å². The Bertz CT molecular complexity index is 902. The highest BCUT2D eigenvalue weighted by Crippen LogP contribution is 2.27. The molecule has 1 aromatic carbocycles. The molecule has 12 heteroatoms. The molecule has 198 valence electrons. The maximum Gasteiger partial charge on any atom is 0.508 e. The van der Waals surface area contributed by atoms with Crippen molar-refractivity contribution in [1.82, 2.24) is 5.32 Å². The minimum atomic E-state index is -3.91.